The summed E-state index contributed by atoms with van der Waals surface area (Å²) in [5.41, 5.74) is 3.70. The number of benzene rings is 2. The van der Waals surface area contributed by atoms with Crippen LogP contribution in [-0.2, 0) is 11.2 Å². The van der Waals surface area contributed by atoms with Gasteiger partial charge >= 0.3 is 0 Å². The van der Waals surface area contributed by atoms with Crippen molar-refractivity contribution in [3.63, 3.8) is 0 Å². The molecule has 0 saturated carbocycles. The molecule has 4 nitrogen and oxygen atoms in total. The summed E-state index contributed by atoms with van der Waals surface area (Å²) >= 11 is 0. The molecule has 146 valence electrons. The zero-order chi connectivity index (χ0) is 19.7. The van der Waals surface area contributed by atoms with Gasteiger partial charge < -0.3 is 15.2 Å². The van der Waals surface area contributed by atoms with Crippen LogP contribution in [0.1, 0.15) is 30.5 Å². The van der Waals surface area contributed by atoms with Gasteiger partial charge in [0.1, 0.15) is 11.6 Å². The maximum atomic E-state index is 13.8. The van der Waals surface area contributed by atoms with Crippen molar-refractivity contribution in [3.05, 3.63) is 59.3 Å². The van der Waals surface area contributed by atoms with Crippen LogP contribution in [0.2, 0.25) is 0 Å². The summed E-state index contributed by atoms with van der Waals surface area (Å²) in [5.74, 6) is -0.982. The fraction of sp³-hybridized carbons (Fsp3) is 0.318. The van der Waals surface area contributed by atoms with Crippen LogP contribution in [0.25, 0.3) is 10.9 Å². The van der Waals surface area contributed by atoms with E-state index in [4.69, 9.17) is 0 Å². The Morgan fingerprint density at radius 1 is 1.07 bits per heavy atom. The van der Waals surface area contributed by atoms with Crippen molar-refractivity contribution < 1.29 is 13.6 Å². The van der Waals surface area contributed by atoms with E-state index in [1.54, 1.807) is 12.1 Å². The van der Waals surface area contributed by atoms with Gasteiger partial charge in [0.25, 0.3) is 0 Å². The summed E-state index contributed by atoms with van der Waals surface area (Å²) in [6, 6.07) is 9.00. The smallest absolute Gasteiger partial charge is 0.228 e. The minimum absolute atomic E-state index is 0.0885. The lowest BCUT2D eigenvalue weighted by Crippen LogP contribution is -2.30. The number of nitrogens with zero attached hydrogens (tertiary/aromatic N) is 1. The van der Waals surface area contributed by atoms with E-state index in [-0.39, 0.29) is 24.0 Å². The molecule has 0 radical (unpaired) electrons. The topological polar surface area (TPSA) is 48.1 Å². The highest BCUT2D eigenvalue weighted by Gasteiger charge is 2.18. The van der Waals surface area contributed by atoms with Gasteiger partial charge in [-0.1, -0.05) is 0 Å². The number of aromatic amines is 1. The highest BCUT2D eigenvalue weighted by atomic mass is 19.1. The molecule has 1 aliphatic rings. The molecule has 3 aromatic rings. The Bertz CT molecular complexity index is 1020. The molecular weight excluding hydrogens is 360 g/mol. The second-order valence-corrected chi connectivity index (χ2v) is 7.35. The Kier molecular flexibility index (Phi) is 5.03. The number of rotatable bonds is 4. The minimum atomic E-state index is -0.388. The van der Waals surface area contributed by atoms with E-state index < -0.39 is 0 Å². The van der Waals surface area contributed by atoms with Crippen LogP contribution in [0.15, 0.2) is 36.4 Å². The van der Waals surface area contributed by atoms with Crippen LogP contribution < -0.4 is 10.2 Å². The van der Waals surface area contributed by atoms with Gasteiger partial charge in [0, 0.05) is 29.7 Å². The third-order valence-electron chi connectivity index (χ3n) is 5.35. The molecule has 4 rings (SSSR count). The van der Waals surface area contributed by atoms with E-state index in [0.29, 0.717) is 11.1 Å². The van der Waals surface area contributed by atoms with E-state index >= 15 is 0 Å². The molecule has 0 atom stereocenters. The minimum Gasteiger partial charge on any atom is -0.370 e. The number of piperidine rings is 1. The zero-order valence-corrected chi connectivity index (χ0v) is 15.8. The van der Waals surface area contributed by atoms with E-state index in [9.17, 15) is 13.6 Å². The molecule has 2 aromatic carbocycles. The lowest BCUT2D eigenvalue weighted by molar-refractivity contribution is -0.115. The highest BCUT2D eigenvalue weighted by Crippen LogP contribution is 2.30. The Balaban J connectivity index is 1.58. The first-order chi connectivity index (χ1) is 13.5. The molecule has 0 spiro atoms. The number of carbonyl (C=O) groups is 1. The van der Waals surface area contributed by atoms with Gasteiger partial charge in [-0.2, -0.15) is 0 Å². The van der Waals surface area contributed by atoms with Crippen LogP contribution in [0, 0.1) is 18.6 Å². The molecule has 0 unspecified atom stereocenters. The van der Waals surface area contributed by atoms with Crippen molar-refractivity contribution in [1.82, 2.24) is 4.98 Å². The fourth-order valence-electron chi connectivity index (χ4n) is 3.96. The maximum absolute atomic E-state index is 13.8. The molecule has 2 heterocycles. The number of aromatic nitrogens is 1. The molecule has 1 aromatic heterocycles. The lowest BCUT2D eigenvalue weighted by atomic mass is 10.1. The molecule has 2 N–H and O–H groups in total. The van der Waals surface area contributed by atoms with E-state index in [1.165, 1.54) is 30.7 Å². The van der Waals surface area contributed by atoms with Crippen LogP contribution in [-0.4, -0.2) is 24.0 Å². The van der Waals surface area contributed by atoms with Crippen molar-refractivity contribution in [2.24, 2.45) is 0 Å². The first kappa shape index (κ1) is 18.5. The summed E-state index contributed by atoms with van der Waals surface area (Å²) in [4.78, 5) is 18.1. The summed E-state index contributed by atoms with van der Waals surface area (Å²) in [5, 5.41) is 3.56. The van der Waals surface area contributed by atoms with Crippen LogP contribution in [0.5, 0.6) is 0 Å². The van der Waals surface area contributed by atoms with Gasteiger partial charge in [-0.15, -0.1) is 0 Å². The Hall–Kier alpha value is -2.89. The SMILES string of the molecule is Cc1[nH]c2ccc(F)cc2c1CC(=O)Nc1cc(F)ccc1N1CCCCC1. The number of fused-ring (bicyclic) bond motifs is 1. The average molecular weight is 383 g/mol. The molecule has 1 fully saturated rings. The first-order valence-electron chi connectivity index (χ1n) is 9.62. The van der Waals surface area contributed by atoms with E-state index in [1.807, 2.05) is 6.92 Å². The molecule has 0 aliphatic carbocycles. The zero-order valence-electron chi connectivity index (χ0n) is 15.8. The van der Waals surface area contributed by atoms with Crippen molar-refractivity contribution in [2.75, 3.05) is 23.3 Å². The number of anilines is 2. The standard InChI is InChI=1S/C22H23F2N3O/c1-14-17(18-11-15(23)5-7-19(18)25-14)13-22(28)26-20-12-16(24)6-8-21(20)27-9-3-2-4-10-27/h5-8,11-12,25H,2-4,9-10,13H2,1H3,(H,26,28). The molecule has 0 bridgehead atoms. The Morgan fingerprint density at radius 2 is 1.79 bits per heavy atom. The summed E-state index contributed by atoms with van der Waals surface area (Å²) in [6.45, 7) is 3.66. The summed E-state index contributed by atoms with van der Waals surface area (Å²) in [6.07, 6.45) is 3.46. The number of H-pyrrole nitrogens is 1. The van der Waals surface area contributed by atoms with Crippen LogP contribution in [0.4, 0.5) is 20.2 Å². The first-order valence-corrected chi connectivity index (χ1v) is 9.62. The number of amides is 1. The van der Waals surface area contributed by atoms with Crippen LogP contribution >= 0.6 is 0 Å². The second-order valence-electron chi connectivity index (χ2n) is 7.35. The van der Waals surface area contributed by atoms with Crippen molar-refractivity contribution in [2.45, 2.75) is 32.6 Å². The molecular formula is C22H23F2N3O. The normalized spacial score (nSPS) is 14.5. The van der Waals surface area contributed by atoms with E-state index in [2.05, 4.69) is 15.2 Å². The van der Waals surface area contributed by atoms with Crippen molar-refractivity contribution in [1.29, 1.82) is 0 Å². The van der Waals surface area contributed by atoms with Crippen molar-refractivity contribution in [3.8, 4) is 0 Å². The Morgan fingerprint density at radius 3 is 2.57 bits per heavy atom. The summed E-state index contributed by atoms with van der Waals surface area (Å²) < 4.78 is 27.5. The predicted molar refractivity (Wildman–Crippen MR) is 108 cm³/mol. The fourth-order valence-corrected chi connectivity index (χ4v) is 3.96. The molecule has 1 amide bonds. The number of nitrogens with one attached hydrogen (secondary N) is 2. The third kappa shape index (κ3) is 3.72. The number of hydrogen-bond acceptors (Lipinski definition) is 2. The summed E-state index contributed by atoms with van der Waals surface area (Å²) in [7, 11) is 0. The molecule has 28 heavy (non-hydrogen) atoms. The predicted octanol–water partition coefficient (Wildman–Crippen LogP) is 4.93. The van der Waals surface area contributed by atoms with Gasteiger partial charge in [0.05, 0.1) is 17.8 Å². The van der Waals surface area contributed by atoms with Crippen molar-refractivity contribution >= 4 is 28.2 Å². The van der Waals surface area contributed by atoms with Gasteiger partial charge in [-0.25, -0.2) is 8.78 Å². The third-order valence-corrected chi connectivity index (χ3v) is 5.35. The van der Waals surface area contributed by atoms with Gasteiger partial charge in [-0.3, -0.25) is 4.79 Å². The molecule has 6 heteroatoms. The number of hydrogen-bond donors (Lipinski definition) is 2. The largest absolute Gasteiger partial charge is 0.370 e. The Labute approximate surface area is 162 Å². The van der Waals surface area contributed by atoms with Crippen LogP contribution in [0.3, 0.4) is 0 Å². The van der Waals surface area contributed by atoms with Gasteiger partial charge in [-0.05, 0) is 68.1 Å². The average Bonchev–Trinajstić information content (AvgIpc) is 2.97. The quantitative estimate of drug-likeness (QED) is 0.671. The maximum Gasteiger partial charge on any atom is 0.228 e. The van der Waals surface area contributed by atoms with Gasteiger partial charge in [0.15, 0.2) is 0 Å². The number of carbonyl (C=O) groups excluding carboxylic acids is 1. The van der Waals surface area contributed by atoms with Gasteiger partial charge in [0.2, 0.25) is 5.91 Å². The molecule has 1 aliphatic heterocycles. The van der Waals surface area contributed by atoms with E-state index in [0.717, 1.165) is 48.4 Å². The monoisotopic (exact) mass is 383 g/mol. The second kappa shape index (κ2) is 7.62. The molecule has 1 saturated heterocycles. The number of halogens is 2. The highest BCUT2D eigenvalue weighted by molar-refractivity contribution is 5.98. The number of aryl methyl sites for hydroxylation is 1. The lowest BCUT2D eigenvalue weighted by Gasteiger charge is -2.30.